The molecule has 0 radical (unpaired) electrons. The van der Waals surface area contributed by atoms with E-state index in [0.717, 1.165) is 36.8 Å². The average molecular weight is 535 g/mol. The van der Waals surface area contributed by atoms with Crippen LogP contribution in [0.2, 0.25) is 0 Å². The van der Waals surface area contributed by atoms with Crippen LogP contribution in [0, 0.1) is 17.1 Å². The lowest BCUT2D eigenvalue weighted by molar-refractivity contribution is -0.134. The third-order valence-corrected chi connectivity index (χ3v) is 8.38. The topological polar surface area (TPSA) is 71.5 Å². The summed E-state index contributed by atoms with van der Waals surface area (Å²) in [4.78, 5) is 17.8. The number of rotatable bonds is 5. The highest BCUT2D eigenvalue weighted by molar-refractivity contribution is 9.10. The zero-order valence-electron chi connectivity index (χ0n) is 20.7. The minimum absolute atomic E-state index is 0.0258. The van der Waals surface area contributed by atoms with Gasteiger partial charge in [0.25, 0.3) is 0 Å². The number of carbonyl (C=O) groups excluding carboxylic acids is 1. The predicted molar refractivity (Wildman–Crippen MR) is 137 cm³/mol. The number of amidine groups is 1. The molecule has 0 aromatic heterocycles. The van der Waals surface area contributed by atoms with Gasteiger partial charge in [-0.1, -0.05) is 13.0 Å². The molecule has 0 saturated carbocycles. The zero-order valence-corrected chi connectivity index (χ0v) is 22.3. The summed E-state index contributed by atoms with van der Waals surface area (Å²) in [5, 5.41) is 15.7. The molecule has 34 heavy (non-hydrogen) atoms. The normalized spacial score (nSPS) is 25.6. The van der Waals surface area contributed by atoms with Crippen LogP contribution in [0.5, 0.6) is 0 Å². The monoisotopic (exact) mass is 533 g/mol. The van der Waals surface area contributed by atoms with Gasteiger partial charge in [0, 0.05) is 56.1 Å². The lowest BCUT2D eigenvalue weighted by Crippen LogP contribution is -2.54. The van der Waals surface area contributed by atoms with Crippen LogP contribution in [0.1, 0.15) is 57.9 Å². The molecule has 2 heterocycles. The first kappa shape index (κ1) is 25.2. The minimum atomic E-state index is -0.427. The van der Waals surface area contributed by atoms with Crippen LogP contribution in [0.25, 0.3) is 0 Å². The van der Waals surface area contributed by atoms with Crippen molar-refractivity contribution in [3.8, 4) is 0 Å². The predicted octanol–water partition coefficient (Wildman–Crippen LogP) is 4.23. The van der Waals surface area contributed by atoms with Crippen LogP contribution in [-0.4, -0.2) is 66.4 Å². The smallest absolute Gasteiger partial charge is 0.231 e. The fourth-order valence-corrected chi connectivity index (χ4v) is 6.00. The third kappa shape index (κ3) is 5.03. The molecule has 0 unspecified atom stereocenters. The SMILES string of the molecule is CNC1=C(C(=N)N2CCN(C(=O)[C@@H](c3ccc(Br)c(F)c3)[C@@H]3CCC(C)(C)N3)CC2)[C@H](C)CC1. The van der Waals surface area contributed by atoms with Gasteiger partial charge in [0.15, 0.2) is 0 Å². The van der Waals surface area contributed by atoms with Crippen molar-refractivity contribution in [1.29, 1.82) is 5.41 Å². The van der Waals surface area contributed by atoms with Crippen LogP contribution < -0.4 is 10.6 Å². The number of nitrogens with one attached hydrogen (secondary N) is 3. The molecule has 2 aliphatic heterocycles. The molecule has 186 valence electrons. The van der Waals surface area contributed by atoms with Gasteiger partial charge in [-0.05, 0) is 79.1 Å². The van der Waals surface area contributed by atoms with Crippen molar-refractivity contribution in [2.24, 2.45) is 5.92 Å². The van der Waals surface area contributed by atoms with E-state index in [2.05, 4.69) is 52.2 Å². The summed E-state index contributed by atoms with van der Waals surface area (Å²) in [5.74, 6) is 0.247. The average Bonchev–Trinajstić information content (AvgIpc) is 3.37. The summed E-state index contributed by atoms with van der Waals surface area (Å²) in [6.07, 6.45) is 3.92. The van der Waals surface area contributed by atoms with Gasteiger partial charge in [0.1, 0.15) is 11.7 Å². The Bertz CT molecular complexity index is 985. The molecule has 3 atom stereocenters. The highest BCUT2D eigenvalue weighted by Crippen LogP contribution is 2.35. The highest BCUT2D eigenvalue weighted by Gasteiger charge is 2.41. The minimum Gasteiger partial charge on any atom is -0.391 e. The fourth-order valence-electron chi connectivity index (χ4n) is 5.76. The lowest BCUT2D eigenvalue weighted by Gasteiger charge is -2.39. The molecule has 2 saturated heterocycles. The van der Waals surface area contributed by atoms with E-state index in [0.29, 0.717) is 42.4 Å². The van der Waals surface area contributed by atoms with Gasteiger partial charge in [-0.25, -0.2) is 4.39 Å². The van der Waals surface area contributed by atoms with Gasteiger partial charge in [-0.2, -0.15) is 0 Å². The van der Waals surface area contributed by atoms with E-state index in [1.165, 1.54) is 11.8 Å². The molecule has 2 fully saturated rings. The molecule has 1 aromatic rings. The molecule has 1 amide bonds. The quantitative estimate of drug-likeness (QED) is 0.391. The van der Waals surface area contributed by atoms with E-state index < -0.39 is 5.92 Å². The molecule has 3 aliphatic rings. The van der Waals surface area contributed by atoms with E-state index in [-0.39, 0.29) is 23.3 Å². The van der Waals surface area contributed by atoms with Crippen LogP contribution in [0.15, 0.2) is 33.9 Å². The van der Waals surface area contributed by atoms with E-state index in [9.17, 15) is 9.18 Å². The van der Waals surface area contributed by atoms with Crippen LogP contribution in [0.3, 0.4) is 0 Å². The summed E-state index contributed by atoms with van der Waals surface area (Å²) < 4.78 is 14.8. The Morgan fingerprint density at radius 3 is 2.50 bits per heavy atom. The van der Waals surface area contributed by atoms with Gasteiger partial charge in [-0.15, -0.1) is 0 Å². The summed E-state index contributed by atoms with van der Waals surface area (Å²) >= 11 is 3.24. The second-order valence-corrected chi connectivity index (χ2v) is 11.4. The Balaban J connectivity index is 1.50. The number of hydrogen-bond donors (Lipinski definition) is 3. The van der Waals surface area contributed by atoms with E-state index in [1.54, 1.807) is 6.07 Å². The molecule has 1 aliphatic carbocycles. The van der Waals surface area contributed by atoms with Crippen molar-refractivity contribution < 1.29 is 9.18 Å². The summed E-state index contributed by atoms with van der Waals surface area (Å²) in [5.41, 5.74) is 2.97. The van der Waals surface area contributed by atoms with Gasteiger partial charge in [-0.3, -0.25) is 10.2 Å². The number of nitrogens with zero attached hydrogens (tertiary/aromatic N) is 2. The van der Waals surface area contributed by atoms with Crippen molar-refractivity contribution in [3.05, 3.63) is 45.3 Å². The second-order valence-electron chi connectivity index (χ2n) is 10.6. The Labute approximate surface area is 211 Å². The molecular weight excluding hydrogens is 497 g/mol. The number of amides is 1. The maximum atomic E-state index is 14.4. The maximum absolute atomic E-state index is 14.4. The zero-order chi connectivity index (χ0) is 24.6. The van der Waals surface area contributed by atoms with Crippen molar-refractivity contribution in [2.75, 3.05) is 33.2 Å². The third-order valence-electron chi connectivity index (χ3n) is 7.74. The summed E-state index contributed by atoms with van der Waals surface area (Å²) in [7, 11) is 1.93. The maximum Gasteiger partial charge on any atom is 0.231 e. The van der Waals surface area contributed by atoms with Crippen molar-refractivity contribution in [2.45, 2.75) is 64.0 Å². The van der Waals surface area contributed by atoms with Gasteiger partial charge >= 0.3 is 0 Å². The first-order valence-electron chi connectivity index (χ1n) is 12.4. The summed E-state index contributed by atoms with van der Waals surface area (Å²) in [6.45, 7) is 8.92. The molecule has 1 aromatic carbocycles. The first-order chi connectivity index (χ1) is 16.1. The molecule has 0 bridgehead atoms. The van der Waals surface area contributed by atoms with Gasteiger partial charge in [0.2, 0.25) is 5.91 Å². The number of piperazine rings is 1. The second kappa shape index (κ2) is 9.97. The molecule has 0 spiro atoms. The van der Waals surface area contributed by atoms with Crippen molar-refractivity contribution in [1.82, 2.24) is 20.4 Å². The molecule has 6 nitrogen and oxygen atoms in total. The van der Waals surface area contributed by atoms with Gasteiger partial charge < -0.3 is 20.4 Å². The van der Waals surface area contributed by atoms with Crippen LogP contribution in [0.4, 0.5) is 4.39 Å². The Morgan fingerprint density at radius 1 is 1.24 bits per heavy atom. The largest absolute Gasteiger partial charge is 0.391 e. The highest BCUT2D eigenvalue weighted by atomic mass is 79.9. The molecular formula is C26H37BrFN5O. The van der Waals surface area contributed by atoms with Gasteiger partial charge in [0.05, 0.1) is 10.4 Å². The number of allylic oxidation sites excluding steroid dienone is 1. The number of benzene rings is 1. The Kier molecular flexibility index (Phi) is 7.38. The molecule has 4 rings (SSSR count). The fraction of sp³-hybridized carbons (Fsp3) is 0.615. The number of hydrogen-bond acceptors (Lipinski definition) is 4. The van der Waals surface area contributed by atoms with E-state index >= 15 is 0 Å². The van der Waals surface area contributed by atoms with E-state index in [4.69, 9.17) is 5.41 Å². The van der Waals surface area contributed by atoms with E-state index in [1.807, 2.05) is 18.0 Å². The number of carbonyl (C=O) groups is 1. The standard InChI is InChI=1S/C26H37BrFN5O/c1-16-5-8-20(30-4)22(16)24(29)32-11-13-33(14-12-32)25(34)23(21-9-10-26(2,3)31-21)17-6-7-18(27)19(28)15-17/h6-7,15-16,21,23,29-31H,5,8-14H2,1-4H3/t16-,21+,23+/m1/s1. The summed E-state index contributed by atoms with van der Waals surface area (Å²) in [6, 6.07) is 5.03. The number of halogens is 2. The van der Waals surface area contributed by atoms with Crippen LogP contribution in [-0.2, 0) is 4.79 Å². The molecule has 8 heteroatoms. The Morgan fingerprint density at radius 2 is 1.91 bits per heavy atom. The molecule has 3 N–H and O–H groups in total. The Hall–Kier alpha value is -1.93. The first-order valence-corrected chi connectivity index (χ1v) is 13.2. The van der Waals surface area contributed by atoms with Crippen molar-refractivity contribution >= 4 is 27.7 Å². The lowest BCUT2D eigenvalue weighted by atomic mass is 9.88. The van der Waals surface area contributed by atoms with Crippen LogP contribution >= 0.6 is 15.9 Å². The van der Waals surface area contributed by atoms with Crippen molar-refractivity contribution in [3.63, 3.8) is 0 Å².